The number of carbonyl (C=O) groups is 1. The highest BCUT2D eigenvalue weighted by Gasteiger charge is 2.45. The van der Waals surface area contributed by atoms with Crippen molar-refractivity contribution >= 4 is 11.7 Å². The third-order valence-electron chi connectivity index (χ3n) is 2.42. The van der Waals surface area contributed by atoms with Crippen LogP contribution >= 0.6 is 0 Å². The third kappa shape index (κ3) is 3.65. The van der Waals surface area contributed by atoms with E-state index in [0.29, 0.717) is 0 Å². The Morgan fingerprint density at radius 1 is 1.18 bits per heavy atom. The van der Waals surface area contributed by atoms with E-state index < -0.39 is 51.7 Å². The summed E-state index contributed by atoms with van der Waals surface area (Å²) in [6.45, 7) is 0.857. The normalized spacial score (nSPS) is 12.1. The topological polar surface area (TPSA) is 69.4 Å². The monoisotopic (exact) mass is 331 g/mol. The number of nitro groups is 1. The van der Waals surface area contributed by atoms with Crippen LogP contribution in [-0.4, -0.2) is 17.5 Å². The second-order valence-electron chi connectivity index (χ2n) is 3.89. The molecule has 0 radical (unpaired) electrons. The average molecular weight is 331 g/mol. The van der Waals surface area contributed by atoms with Crippen molar-refractivity contribution in [2.24, 2.45) is 0 Å². The van der Waals surface area contributed by atoms with E-state index in [2.05, 4.69) is 4.74 Å². The molecule has 0 fully saturated rings. The molecule has 0 atom stereocenters. The highest BCUT2D eigenvalue weighted by molar-refractivity contribution is 5.95. The number of halogens is 6. The number of esters is 1. The highest BCUT2D eigenvalue weighted by atomic mass is 19.4. The summed E-state index contributed by atoms with van der Waals surface area (Å²) in [6, 6.07) is -0.452. The molecule has 0 aromatic heterocycles. The SMILES string of the molecule is CCOC(=O)c1cc(C(F)(F)F)cc(C(F)(F)F)c1[N+](=O)[O-]. The van der Waals surface area contributed by atoms with Gasteiger partial charge in [0.05, 0.1) is 17.1 Å². The molecular weight excluding hydrogens is 324 g/mol. The summed E-state index contributed by atoms with van der Waals surface area (Å²) in [4.78, 5) is 20.7. The minimum Gasteiger partial charge on any atom is -0.462 e. The van der Waals surface area contributed by atoms with Crippen LogP contribution in [0.1, 0.15) is 28.4 Å². The van der Waals surface area contributed by atoms with Crippen LogP contribution in [0.2, 0.25) is 0 Å². The van der Waals surface area contributed by atoms with Crippen LogP contribution < -0.4 is 0 Å². The molecule has 0 unspecified atom stereocenters. The van der Waals surface area contributed by atoms with E-state index in [0.717, 1.165) is 0 Å². The zero-order valence-corrected chi connectivity index (χ0v) is 10.7. The molecule has 5 nitrogen and oxygen atoms in total. The lowest BCUT2D eigenvalue weighted by molar-refractivity contribution is -0.388. The molecule has 122 valence electrons. The van der Waals surface area contributed by atoms with Gasteiger partial charge in [0.2, 0.25) is 0 Å². The number of nitrogens with zero attached hydrogens (tertiary/aromatic N) is 1. The Hall–Kier alpha value is -2.33. The van der Waals surface area contributed by atoms with Crippen LogP contribution in [0.4, 0.5) is 32.0 Å². The van der Waals surface area contributed by atoms with Gasteiger partial charge in [-0.1, -0.05) is 0 Å². The number of benzene rings is 1. The Labute approximate surface area is 118 Å². The van der Waals surface area contributed by atoms with Crippen molar-refractivity contribution in [3.05, 3.63) is 38.9 Å². The molecule has 0 bridgehead atoms. The summed E-state index contributed by atoms with van der Waals surface area (Å²) in [5.41, 5.74) is -7.20. The second-order valence-corrected chi connectivity index (χ2v) is 3.89. The van der Waals surface area contributed by atoms with Gasteiger partial charge in [-0.2, -0.15) is 26.3 Å². The fourth-order valence-electron chi connectivity index (χ4n) is 1.58. The summed E-state index contributed by atoms with van der Waals surface area (Å²) in [5.74, 6) is -1.65. The molecule has 0 aliphatic rings. The van der Waals surface area contributed by atoms with Crippen molar-refractivity contribution in [1.82, 2.24) is 0 Å². The van der Waals surface area contributed by atoms with Gasteiger partial charge in [0.1, 0.15) is 11.1 Å². The van der Waals surface area contributed by atoms with Gasteiger partial charge >= 0.3 is 18.3 Å². The van der Waals surface area contributed by atoms with Gasteiger partial charge in [0.15, 0.2) is 0 Å². The van der Waals surface area contributed by atoms with Crippen LogP contribution in [0, 0.1) is 10.1 Å². The number of rotatable bonds is 3. The van der Waals surface area contributed by atoms with Gasteiger partial charge in [-0.05, 0) is 19.1 Å². The zero-order valence-electron chi connectivity index (χ0n) is 10.7. The minimum absolute atomic E-state index is 0.0363. The summed E-state index contributed by atoms with van der Waals surface area (Å²) >= 11 is 0. The third-order valence-corrected chi connectivity index (χ3v) is 2.42. The van der Waals surface area contributed by atoms with Crippen LogP contribution in [0.25, 0.3) is 0 Å². The average Bonchev–Trinajstić information content (AvgIpc) is 2.35. The highest BCUT2D eigenvalue weighted by Crippen LogP contribution is 2.42. The van der Waals surface area contributed by atoms with Crippen LogP contribution in [-0.2, 0) is 17.1 Å². The predicted molar refractivity (Wildman–Crippen MR) is 59.1 cm³/mol. The first-order valence-corrected chi connectivity index (χ1v) is 5.53. The van der Waals surface area contributed by atoms with Gasteiger partial charge in [-0.15, -0.1) is 0 Å². The molecule has 0 aliphatic heterocycles. The Kier molecular flexibility index (Phi) is 4.68. The molecule has 0 N–H and O–H groups in total. The minimum atomic E-state index is -5.45. The van der Waals surface area contributed by atoms with Crippen molar-refractivity contribution < 1.29 is 40.8 Å². The Morgan fingerprint density at radius 3 is 2.09 bits per heavy atom. The number of ether oxygens (including phenoxy) is 1. The number of nitro benzene ring substituents is 1. The lowest BCUT2D eigenvalue weighted by Gasteiger charge is -2.14. The van der Waals surface area contributed by atoms with E-state index >= 15 is 0 Å². The summed E-state index contributed by atoms with van der Waals surface area (Å²) < 4.78 is 80.5. The van der Waals surface area contributed by atoms with Gasteiger partial charge in [-0.25, -0.2) is 4.79 Å². The predicted octanol–water partition coefficient (Wildman–Crippen LogP) is 3.81. The first-order chi connectivity index (χ1) is 9.89. The maximum Gasteiger partial charge on any atom is 0.423 e. The lowest BCUT2D eigenvalue weighted by Crippen LogP contribution is -2.18. The van der Waals surface area contributed by atoms with E-state index in [1.54, 1.807) is 0 Å². The molecule has 0 spiro atoms. The Morgan fingerprint density at radius 2 is 1.73 bits per heavy atom. The fraction of sp³-hybridized carbons (Fsp3) is 0.364. The summed E-state index contributed by atoms with van der Waals surface area (Å²) in [7, 11) is 0. The maximum atomic E-state index is 12.8. The van der Waals surface area contributed by atoms with E-state index in [-0.39, 0.29) is 12.7 Å². The van der Waals surface area contributed by atoms with Crippen molar-refractivity contribution in [3.63, 3.8) is 0 Å². The van der Waals surface area contributed by atoms with Crippen molar-refractivity contribution in [1.29, 1.82) is 0 Å². The van der Waals surface area contributed by atoms with Gasteiger partial charge in [-0.3, -0.25) is 10.1 Å². The summed E-state index contributed by atoms with van der Waals surface area (Å²) in [5, 5.41) is 10.8. The smallest absolute Gasteiger partial charge is 0.423 e. The van der Waals surface area contributed by atoms with Crippen LogP contribution in [0.5, 0.6) is 0 Å². The molecule has 11 heteroatoms. The molecular formula is C11H7F6NO4. The van der Waals surface area contributed by atoms with Crippen molar-refractivity contribution in [3.8, 4) is 0 Å². The zero-order chi connectivity index (χ0) is 17.3. The number of hydrogen-bond acceptors (Lipinski definition) is 4. The Balaban J connectivity index is 3.78. The first-order valence-electron chi connectivity index (χ1n) is 5.53. The number of hydrogen-bond donors (Lipinski definition) is 0. The molecule has 0 aliphatic carbocycles. The van der Waals surface area contributed by atoms with Crippen molar-refractivity contribution in [2.75, 3.05) is 6.61 Å². The first kappa shape index (κ1) is 17.7. The van der Waals surface area contributed by atoms with E-state index in [9.17, 15) is 41.3 Å². The standard InChI is InChI=1S/C11H7F6NO4/c1-2-22-9(19)6-3-5(10(12,13)14)4-7(11(15,16)17)8(6)18(20)21/h3-4H,2H2,1H3. The van der Waals surface area contributed by atoms with Gasteiger partial charge < -0.3 is 4.74 Å². The molecule has 0 heterocycles. The van der Waals surface area contributed by atoms with Gasteiger partial charge in [0.25, 0.3) is 5.69 Å². The lowest BCUT2D eigenvalue weighted by atomic mass is 10.0. The maximum absolute atomic E-state index is 12.8. The van der Waals surface area contributed by atoms with E-state index in [1.807, 2.05) is 0 Å². The summed E-state index contributed by atoms with van der Waals surface area (Å²) in [6.07, 6.45) is -10.7. The molecule has 0 saturated carbocycles. The molecule has 1 rings (SSSR count). The fourth-order valence-corrected chi connectivity index (χ4v) is 1.58. The number of carbonyl (C=O) groups excluding carboxylic acids is 1. The van der Waals surface area contributed by atoms with E-state index in [1.165, 1.54) is 6.92 Å². The molecule has 0 amide bonds. The number of alkyl halides is 6. The molecule has 22 heavy (non-hydrogen) atoms. The second kappa shape index (κ2) is 5.81. The molecule has 1 aromatic rings. The molecule has 1 aromatic carbocycles. The van der Waals surface area contributed by atoms with Crippen molar-refractivity contribution in [2.45, 2.75) is 19.3 Å². The molecule has 0 saturated heterocycles. The van der Waals surface area contributed by atoms with E-state index in [4.69, 9.17) is 0 Å². The van der Waals surface area contributed by atoms with Crippen LogP contribution in [0.3, 0.4) is 0 Å². The van der Waals surface area contributed by atoms with Gasteiger partial charge in [0, 0.05) is 0 Å². The Bertz CT molecular complexity index is 608. The quantitative estimate of drug-likeness (QED) is 0.365. The largest absolute Gasteiger partial charge is 0.462 e. The van der Waals surface area contributed by atoms with Crippen LogP contribution in [0.15, 0.2) is 12.1 Å².